The van der Waals surface area contributed by atoms with Gasteiger partial charge >= 0.3 is 5.97 Å². The highest BCUT2D eigenvalue weighted by atomic mass is 19.1. The third-order valence-electron chi connectivity index (χ3n) is 3.69. The maximum atomic E-state index is 13.7. The molecule has 0 unspecified atom stereocenters. The van der Waals surface area contributed by atoms with E-state index < -0.39 is 23.8 Å². The van der Waals surface area contributed by atoms with E-state index in [1.54, 1.807) is 38.1 Å². The zero-order valence-corrected chi connectivity index (χ0v) is 14.3. The van der Waals surface area contributed by atoms with Crippen molar-refractivity contribution in [2.75, 3.05) is 12.4 Å². The van der Waals surface area contributed by atoms with Gasteiger partial charge in [0.15, 0.2) is 17.7 Å². The van der Waals surface area contributed by atoms with E-state index in [9.17, 15) is 14.0 Å². The van der Waals surface area contributed by atoms with Crippen LogP contribution in [-0.4, -0.2) is 25.1 Å². The molecule has 0 bridgehead atoms. The molecule has 6 heteroatoms. The standard InChI is InChI=1S/C19H20FNO4/c1-4-16(25-17-8-6-5-7-14(17)20)18(22)21-15-11-13(19(23)24-3)10-9-12(15)2/h5-11,16H,4H2,1-3H3,(H,21,22)/t16-/m0/s1. The van der Waals surface area contributed by atoms with Gasteiger partial charge in [-0.3, -0.25) is 4.79 Å². The number of nitrogens with one attached hydrogen (secondary N) is 1. The van der Waals surface area contributed by atoms with E-state index in [1.807, 2.05) is 0 Å². The minimum absolute atomic E-state index is 0.0181. The molecule has 2 aromatic carbocycles. The molecule has 0 radical (unpaired) electrons. The van der Waals surface area contributed by atoms with Crippen LogP contribution in [0.5, 0.6) is 5.75 Å². The van der Waals surface area contributed by atoms with E-state index in [0.717, 1.165) is 5.56 Å². The topological polar surface area (TPSA) is 64.6 Å². The molecule has 0 aliphatic rings. The summed E-state index contributed by atoms with van der Waals surface area (Å²) in [5, 5.41) is 2.73. The molecular formula is C19H20FNO4. The van der Waals surface area contributed by atoms with Gasteiger partial charge < -0.3 is 14.8 Å². The number of carbonyl (C=O) groups is 2. The van der Waals surface area contributed by atoms with Crippen molar-refractivity contribution in [1.29, 1.82) is 0 Å². The SMILES string of the molecule is CC[C@H](Oc1ccccc1F)C(=O)Nc1cc(C(=O)OC)ccc1C. The largest absolute Gasteiger partial charge is 0.478 e. The highest BCUT2D eigenvalue weighted by molar-refractivity contribution is 5.97. The first-order valence-corrected chi connectivity index (χ1v) is 7.87. The van der Waals surface area contributed by atoms with E-state index in [0.29, 0.717) is 17.7 Å². The van der Waals surface area contributed by atoms with Gasteiger partial charge in [-0.05, 0) is 43.2 Å². The lowest BCUT2D eigenvalue weighted by molar-refractivity contribution is -0.122. The van der Waals surface area contributed by atoms with Gasteiger partial charge in [-0.25, -0.2) is 9.18 Å². The minimum atomic E-state index is -0.863. The number of hydrogen-bond donors (Lipinski definition) is 1. The molecule has 1 N–H and O–H groups in total. The first kappa shape index (κ1) is 18.4. The van der Waals surface area contributed by atoms with Crippen molar-refractivity contribution < 1.29 is 23.5 Å². The summed E-state index contributed by atoms with van der Waals surface area (Å²) in [6.45, 7) is 3.57. The molecule has 0 fully saturated rings. The van der Waals surface area contributed by atoms with Crippen LogP contribution in [0, 0.1) is 12.7 Å². The van der Waals surface area contributed by atoms with Crippen molar-refractivity contribution in [3.8, 4) is 5.75 Å². The number of ether oxygens (including phenoxy) is 2. The van der Waals surface area contributed by atoms with Gasteiger partial charge in [-0.2, -0.15) is 0 Å². The number of amides is 1. The number of rotatable bonds is 6. The van der Waals surface area contributed by atoms with Crippen LogP contribution in [-0.2, 0) is 9.53 Å². The molecule has 1 atom stereocenters. The van der Waals surface area contributed by atoms with E-state index in [4.69, 9.17) is 4.74 Å². The number of halogens is 1. The molecule has 2 rings (SSSR count). The quantitative estimate of drug-likeness (QED) is 0.811. The predicted octanol–water partition coefficient (Wildman–Crippen LogP) is 3.72. The third-order valence-corrected chi connectivity index (χ3v) is 3.69. The fourth-order valence-electron chi connectivity index (χ4n) is 2.23. The Bertz CT molecular complexity index is 776. The summed E-state index contributed by atoms with van der Waals surface area (Å²) in [5.74, 6) is -1.43. The second-order valence-electron chi connectivity index (χ2n) is 5.46. The third kappa shape index (κ3) is 4.56. The van der Waals surface area contributed by atoms with Gasteiger partial charge in [0.05, 0.1) is 12.7 Å². The first-order chi connectivity index (χ1) is 12.0. The van der Waals surface area contributed by atoms with Gasteiger partial charge in [0.1, 0.15) is 0 Å². The number of esters is 1. The van der Waals surface area contributed by atoms with E-state index in [1.165, 1.54) is 25.3 Å². The summed E-state index contributed by atoms with van der Waals surface area (Å²) in [6, 6.07) is 10.8. The van der Waals surface area contributed by atoms with Crippen LogP contribution in [0.1, 0.15) is 29.3 Å². The molecular weight excluding hydrogens is 325 g/mol. The van der Waals surface area contributed by atoms with Crippen LogP contribution in [0.4, 0.5) is 10.1 Å². The molecule has 0 aliphatic carbocycles. The number of hydrogen-bond acceptors (Lipinski definition) is 4. The molecule has 0 spiro atoms. The van der Waals surface area contributed by atoms with Gasteiger partial charge in [0, 0.05) is 5.69 Å². The lowest BCUT2D eigenvalue weighted by Crippen LogP contribution is -2.33. The van der Waals surface area contributed by atoms with Gasteiger partial charge in [0.25, 0.3) is 5.91 Å². The fourth-order valence-corrected chi connectivity index (χ4v) is 2.23. The number of anilines is 1. The average molecular weight is 345 g/mol. The molecule has 0 aliphatic heterocycles. The summed E-state index contributed by atoms with van der Waals surface area (Å²) in [5.41, 5.74) is 1.58. The van der Waals surface area contributed by atoms with E-state index >= 15 is 0 Å². The Balaban J connectivity index is 2.17. The Hall–Kier alpha value is -2.89. The molecule has 1 amide bonds. The lowest BCUT2D eigenvalue weighted by atomic mass is 10.1. The predicted molar refractivity (Wildman–Crippen MR) is 92.3 cm³/mol. The molecule has 2 aromatic rings. The maximum absolute atomic E-state index is 13.7. The van der Waals surface area contributed by atoms with E-state index in [2.05, 4.69) is 10.1 Å². The summed E-state index contributed by atoms with van der Waals surface area (Å²) >= 11 is 0. The number of benzene rings is 2. The smallest absolute Gasteiger partial charge is 0.337 e. The first-order valence-electron chi connectivity index (χ1n) is 7.87. The molecule has 0 aromatic heterocycles. The fraction of sp³-hybridized carbons (Fsp3) is 0.263. The molecule has 5 nitrogen and oxygen atoms in total. The Morgan fingerprint density at radius 3 is 2.56 bits per heavy atom. The molecule has 25 heavy (non-hydrogen) atoms. The van der Waals surface area contributed by atoms with Gasteiger partial charge in [0.2, 0.25) is 0 Å². The normalized spacial score (nSPS) is 11.5. The van der Waals surface area contributed by atoms with Crippen LogP contribution in [0.25, 0.3) is 0 Å². The summed E-state index contributed by atoms with van der Waals surface area (Å²) < 4.78 is 23.9. The zero-order valence-electron chi connectivity index (χ0n) is 14.3. The van der Waals surface area contributed by atoms with Crippen molar-refractivity contribution in [3.05, 3.63) is 59.4 Å². The number of methoxy groups -OCH3 is 1. The van der Waals surface area contributed by atoms with Gasteiger partial charge in [-0.15, -0.1) is 0 Å². The summed E-state index contributed by atoms with van der Waals surface area (Å²) in [6.07, 6.45) is -0.506. The number of carbonyl (C=O) groups excluding carboxylic acids is 2. The monoisotopic (exact) mass is 345 g/mol. The van der Waals surface area contributed by atoms with Crippen LogP contribution < -0.4 is 10.1 Å². The molecule has 0 heterocycles. The van der Waals surface area contributed by atoms with Crippen molar-refractivity contribution in [2.24, 2.45) is 0 Å². The van der Waals surface area contributed by atoms with Crippen LogP contribution in [0.3, 0.4) is 0 Å². The Kier molecular flexibility index (Phi) is 6.11. The van der Waals surface area contributed by atoms with Crippen molar-refractivity contribution in [1.82, 2.24) is 0 Å². The molecule has 0 saturated heterocycles. The van der Waals surface area contributed by atoms with Crippen molar-refractivity contribution in [3.63, 3.8) is 0 Å². The minimum Gasteiger partial charge on any atom is -0.478 e. The maximum Gasteiger partial charge on any atom is 0.337 e. The lowest BCUT2D eigenvalue weighted by Gasteiger charge is -2.18. The van der Waals surface area contributed by atoms with E-state index in [-0.39, 0.29) is 5.75 Å². The molecule has 0 saturated carbocycles. The second kappa shape index (κ2) is 8.28. The van der Waals surface area contributed by atoms with Crippen molar-refractivity contribution in [2.45, 2.75) is 26.4 Å². The Labute approximate surface area is 145 Å². The Morgan fingerprint density at radius 1 is 1.20 bits per heavy atom. The Morgan fingerprint density at radius 2 is 1.92 bits per heavy atom. The summed E-state index contributed by atoms with van der Waals surface area (Å²) in [4.78, 5) is 24.1. The van der Waals surface area contributed by atoms with Crippen molar-refractivity contribution >= 4 is 17.6 Å². The highest BCUT2D eigenvalue weighted by Gasteiger charge is 2.21. The number of aryl methyl sites for hydroxylation is 1. The second-order valence-corrected chi connectivity index (χ2v) is 5.46. The average Bonchev–Trinajstić information content (AvgIpc) is 2.62. The summed E-state index contributed by atoms with van der Waals surface area (Å²) in [7, 11) is 1.29. The van der Waals surface area contributed by atoms with Crippen LogP contribution in [0.2, 0.25) is 0 Å². The van der Waals surface area contributed by atoms with Crippen LogP contribution >= 0.6 is 0 Å². The highest BCUT2D eigenvalue weighted by Crippen LogP contribution is 2.21. The molecule has 132 valence electrons. The zero-order chi connectivity index (χ0) is 18.4. The number of para-hydroxylation sites is 1. The van der Waals surface area contributed by atoms with Crippen LogP contribution in [0.15, 0.2) is 42.5 Å². The van der Waals surface area contributed by atoms with Gasteiger partial charge in [-0.1, -0.05) is 25.1 Å².